The van der Waals surface area contributed by atoms with Crippen LogP contribution in [0.5, 0.6) is 0 Å². The Morgan fingerprint density at radius 2 is 1.90 bits per heavy atom. The lowest BCUT2D eigenvalue weighted by Crippen LogP contribution is -2.57. The van der Waals surface area contributed by atoms with E-state index in [-0.39, 0.29) is 0 Å². The fraction of sp³-hybridized carbons (Fsp3) is 1.00. The lowest BCUT2D eigenvalue weighted by atomic mass is 9.80. The molecular formula is C17H32N2O. The zero-order valence-corrected chi connectivity index (χ0v) is 13.4. The van der Waals surface area contributed by atoms with Crippen molar-refractivity contribution < 1.29 is 4.74 Å². The van der Waals surface area contributed by atoms with Gasteiger partial charge in [-0.3, -0.25) is 4.90 Å². The Morgan fingerprint density at radius 1 is 1.20 bits per heavy atom. The summed E-state index contributed by atoms with van der Waals surface area (Å²) in [7, 11) is 1.84. The summed E-state index contributed by atoms with van der Waals surface area (Å²) in [6.07, 6.45) is 11.2. The van der Waals surface area contributed by atoms with Crippen molar-refractivity contribution in [3.05, 3.63) is 0 Å². The van der Waals surface area contributed by atoms with Gasteiger partial charge >= 0.3 is 0 Å². The molecule has 2 saturated heterocycles. The van der Waals surface area contributed by atoms with Gasteiger partial charge in [-0.25, -0.2) is 0 Å². The number of rotatable bonds is 7. The van der Waals surface area contributed by atoms with Crippen molar-refractivity contribution in [3.63, 3.8) is 0 Å². The van der Waals surface area contributed by atoms with E-state index >= 15 is 0 Å². The van der Waals surface area contributed by atoms with Crippen LogP contribution in [0.2, 0.25) is 0 Å². The van der Waals surface area contributed by atoms with Crippen molar-refractivity contribution in [2.75, 3.05) is 26.8 Å². The van der Waals surface area contributed by atoms with Crippen molar-refractivity contribution in [1.82, 2.24) is 10.2 Å². The third kappa shape index (κ3) is 3.20. The molecule has 2 unspecified atom stereocenters. The third-order valence-electron chi connectivity index (χ3n) is 5.93. The summed E-state index contributed by atoms with van der Waals surface area (Å²) >= 11 is 0. The van der Waals surface area contributed by atoms with Crippen molar-refractivity contribution in [3.8, 4) is 0 Å². The van der Waals surface area contributed by atoms with Crippen LogP contribution in [-0.4, -0.2) is 49.8 Å². The van der Waals surface area contributed by atoms with Crippen LogP contribution in [0.3, 0.4) is 0 Å². The fourth-order valence-electron chi connectivity index (χ4n) is 4.56. The van der Waals surface area contributed by atoms with Gasteiger partial charge in [-0.2, -0.15) is 0 Å². The molecule has 1 N–H and O–H groups in total. The first-order valence-electron chi connectivity index (χ1n) is 8.74. The van der Waals surface area contributed by atoms with Crippen LogP contribution in [0.15, 0.2) is 0 Å². The quantitative estimate of drug-likeness (QED) is 0.776. The first-order valence-corrected chi connectivity index (χ1v) is 8.74. The normalized spacial score (nSPS) is 36.0. The molecule has 0 amide bonds. The van der Waals surface area contributed by atoms with E-state index in [1.54, 1.807) is 0 Å². The first-order chi connectivity index (χ1) is 9.76. The van der Waals surface area contributed by atoms with Gasteiger partial charge in [0.1, 0.15) is 0 Å². The van der Waals surface area contributed by atoms with E-state index in [1.807, 2.05) is 7.11 Å². The monoisotopic (exact) mass is 280 g/mol. The molecule has 2 heterocycles. The number of nitrogens with one attached hydrogen (secondary N) is 1. The van der Waals surface area contributed by atoms with Crippen LogP contribution in [0.25, 0.3) is 0 Å². The number of hydrogen-bond donors (Lipinski definition) is 1. The van der Waals surface area contributed by atoms with Crippen molar-refractivity contribution in [2.24, 2.45) is 5.41 Å². The van der Waals surface area contributed by atoms with Crippen LogP contribution in [0.4, 0.5) is 0 Å². The third-order valence-corrected chi connectivity index (χ3v) is 5.93. The molecule has 3 heteroatoms. The number of methoxy groups -OCH3 is 1. The molecule has 3 rings (SSSR count). The number of nitrogens with zero attached hydrogens (tertiary/aromatic N) is 1. The maximum Gasteiger partial charge on any atom is 0.0468 e. The molecule has 3 aliphatic rings. The standard InChI is InChI=1S/C17H32N2O/c1-3-18-14-11-15-5-4-6-16(12-14)19(15)13-17(7-8-17)9-10-20-2/h14-16,18H,3-13H2,1-2H3. The lowest BCUT2D eigenvalue weighted by Gasteiger charge is -2.50. The average Bonchev–Trinajstić information content (AvgIpc) is 3.18. The van der Waals surface area contributed by atoms with E-state index in [0.29, 0.717) is 5.41 Å². The number of piperidine rings is 2. The smallest absolute Gasteiger partial charge is 0.0468 e. The van der Waals surface area contributed by atoms with Crippen LogP contribution in [0, 0.1) is 5.41 Å². The van der Waals surface area contributed by atoms with Gasteiger partial charge in [0, 0.05) is 38.4 Å². The van der Waals surface area contributed by atoms with Gasteiger partial charge in [0.05, 0.1) is 0 Å². The summed E-state index contributed by atoms with van der Waals surface area (Å²) in [6.45, 7) is 5.67. The highest BCUT2D eigenvalue weighted by Gasteiger charge is 2.47. The van der Waals surface area contributed by atoms with Crippen molar-refractivity contribution >= 4 is 0 Å². The second-order valence-corrected chi connectivity index (χ2v) is 7.38. The summed E-state index contributed by atoms with van der Waals surface area (Å²) < 4.78 is 5.32. The Morgan fingerprint density at radius 3 is 2.45 bits per heavy atom. The van der Waals surface area contributed by atoms with Crippen LogP contribution in [-0.2, 0) is 4.74 Å². The van der Waals surface area contributed by atoms with Gasteiger partial charge in [0.25, 0.3) is 0 Å². The molecule has 0 aromatic rings. The minimum absolute atomic E-state index is 0.620. The molecule has 3 nitrogen and oxygen atoms in total. The zero-order chi connectivity index (χ0) is 14.0. The van der Waals surface area contributed by atoms with E-state index in [2.05, 4.69) is 17.1 Å². The lowest BCUT2D eigenvalue weighted by molar-refractivity contribution is 0.00429. The molecule has 20 heavy (non-hydrogen) atoms. The molecule has 0 spiro atoms. The van der Waals surface area contributed by atoms with Crippen LogP contribution >= 0.6 is 0 Å². The van der Waals surface area contributed by atoms with Gasteiger partial charge in [-0.05, 0) is 56.9 Å². The molecule has 2 aliphatic heterocycles. The summed E-state index contributed by atoms with van der Waals surface area (Å²) in [6, 6.07) is 2.49. The van der Waals surface area contributed by atoms with Crippen molar-refractivity contribution in [1.29, 1.82) is 0 Å². The maximum atomic E-state index is 5.32. The highest BCUT2D eigenvalue weighted by Crippen LogP contribution is 2.51. The van der Waals surface area contributed by atoms with E-state index < -0.39 is 0 Å². The molecular weight excluding hydrogens is 248 g/mol. The Balaban J connectivity index is 1.59. The Hall–Kier alpha value is -0.120. The van der Waals surface area contributed by atoms with Gasteiger partial charge in [0.2, 0.25) is 0 Å². The van der Waals surface area contributed by atoms with Gasteiger partial charge in [-0.15, -0.1) is 0 Å². The van der Waals surface area contributed by atoms with E-state index in [4.69, 9.17) is 4.74 Å². The minimum Gasteiger partial charge on any atom is -0.385 e. The van der Waals surface area contributed by atoms with Gasteiger partial charge in [0.15, 0.2) is 0 Å². The molecule has 0 aromatic heterocycles. The SMILES string of the molecule is CCNC1CC2CCCC(C1)N2CC1(CCOC)CC1. The largest absolute Gasteiger partial charge is 0.385 e. The van der Waals surface area contributed by atoms with Crippen molar-refractivity contribution in [2.45, 2.75) is 76.4 Å². The van der Waals surface area contributed by atoms with Crippen LogP contribution in [0.1, 0.15) is 58.3 Å². The predicted molar refractivity (Wildman–Crippen MR) is 83.0 cm³/mol. The summed E-state index contributed by atoms with van der Waals surface area (Å²) in [4.78, 5) is 2.90. The second-order valence-electron chi connectivity index (χ2n) is 7.38. The Bertz CT molecular complexity index is 302. The van der Waals surface area contributed by atoms with Gasteiger partial charge in [-0.1, -0.05) is 13.3 Å². The Labute approximate surface area is 124 Å². The molecule has 1 aliphatic carbocycles. The second kappa shape index (κ2) is 6.33. The molecule has 0 radical (unpaired) electrons. The number of fused-ring (bicyclic) bond motifs is 2. The topological polar surface area (TPSA) is 24.5 Å². The van der Waals surface area contributed by atoms with Gasteiger partial charge < -0.3 is 10.1 Å². The summed E-state index contributed by atoms with van der Waals surface area (Å²) in [5.41, 5.74) is 0.620. The van der Waals surface area contributed by atoms with Crippen LogP contribution < -0.4 is 5.32 Å². The minimum atomic E-state index is 0.620. The molecule has 3 fully saturated rings. The molecule has 1 saturated carbocycles. The molecule has 2 bridgehead atoms. The zero-order valence-electron chi connectivity index (χ0n) is 13.4. The average molecular weight is 280 g/mol. The Kier molecular flexibility index (Phi) is 4.68. The van der Waals surface area contributed by atoms with E-state index in [0.717, 1.165) is 31.3 Å². The highest BCUT2D eigenvalue weighted by molar-refractivity contribution is 5.02. The van der Waals surface area contributed by atoms with E-state index in [9.17, 15) is 0 Å². The number of ether oxygens (including phenoxy) is 1. The first kappa shape index (κ1) is 14.8. The molecule has 0 aromatic carbocycles. The maximum absolute atomic E-state index is 5.32. The molecule has 116 valence electrons. The highest BCUT2D eigenvalue weighted by atomic mass is 16.5. The number of hydrogen-bond acceptors (Lipinski definition) is 3. The fourth-order valence-corrected chi connectivity index (χ4v) is 4.56. The summed E-state index contributed by atoms with van der Waals surface area (Å²) in [5, 5.41) is 3.70. The van der Waals surface area contributed by atoms with E-state index in [1.165, 1.54) is 57.9 Å². The summed E-state index contributed by atoms with van der Waals surface area (Å²) in [5.74, 6) is 0. The predicted octanol–water partition coefficient (Wildman–Crippen LogP) is 2.80. The molecule has 2 atom stereocenters.